The van der Waals surface area contributed by atoms with E-state index >= 15 is 0 Å². The summed E-state index contributed by atoms with van der Waals surface area (Å²) < 4.78 is 7.83. The minimum atomic E-state index is -0.0644. The number of hydrogen-bond donors (Lipinski definition) is 1. The van der Waals surface area contributed by atoms with Crippen molar-refractivity contribution >= 4 is 106 Å². The second-order valence-electron chi connectivity index (χ2n) is 7.64. The van der Waals surface area contributed by atoms with Crippen molar-refractivity contribution in [3.05, 3.63) is 86.3 Å². The second kappa shape index (κ2) is 14.2. The highest BCUT2D eigenvalue weighted by atomic mass is 32.3. The number of nitrogens with zero attached hydrogens (tertiary/aromatic N) is 3. The topological polar surface area (TPSA) is 67.8 Å². The van der Waals surface area contributed by atoms with E-state index in [1.165, 1.54) is 25.4 Å². The fraction of sp³-hybridized carbons (Fsp3) is 0.154. The van der Waals surface area contributed by atoms with Gasteiger partial charge in [0, 0.05) is 18.1 Å². The Morgan fingerprint density at radius 3 is 1.67 bits per heavy atom. The molecule has 0 atom stereocenters. The van der Waals surface area contributed by atoms with Crippen LogP contribution in [0.25, 0.3) is 22.8 Å². The van der Waals surface area contributed by atoms with Crippen molar-refractivity contribution in [2.24, 2.45) is 0 Å². The van der Waals surface area contributed by atoms with Crippen molar-refractivity contribution in [1.29, 1.82) is 0 Å². The molecule has 0 bridgehead atoms. The average Bonchev–Trinajstić information content (AvgIpc) is 3.60. The minimum absolute atomic E-state index is 0.0644. The van der Waals surface area contributed by atoms with Gasteiger partial charge in [-0.2, -0.15) is 0 Å². The van der Waals surface area contributed by atoms with Gasteiger partial charge in [-0.1, -0.05) is 59.2 Å². The standard InChI is InChI=1S/C26H22N4OS8/c1-32-21-22(33-2)37-25(36-21)26-38-23(34-3)24(39-26)35-14-20(31)29-15-12-18(16-8-4-6-10-27-16)30-19(13-15)17-9-5-7-11-28-17/h4-13H,14H2,1-3H3,(H,29,30,31). The lowest BCUT2D eigenvalue weighted by atomic mass is 10.1. The summed E-state index contributed by atoms with van der Waals surface area (Å²) in [5.74, 6) is 0.255. The third-order valence-corrected chi connectivity index (χ3v) is 16.2. The van der Waals surface area contributed by atoms with E-state index in [0.29, 0.717) is 22.8 Å². The van der Waals surface area contributed by atoms with Gasteiger partial charge in [-0.25, -0.2) is 4.98 Å². The van der Waals surface area contributed by atoms with Crippen LogP contribution in [0.1, 0.15) is 0 Å². The van der Waals surface area contributed by atoms with Gasteiger partial charge in [0.2, 0.25) is 5.91 Å². The molecule has 0 radical (unpaired) electrons. The summed E-state index contributed by atoms with van der Waals surface area (Å²) in [5.41, 5.74) is 3.51. The molecule has 1 amide bonds. The minimum Gasteiger partial charge on any atom is -0.325 e. The van der Waals surface area contributed by atoms with E-state index in [1.54, 1.807) is 47.7 Å². The van der Waals surface area contributed by atoms with Crippen LogP contribution in [0, 0.1) is 0 Å². The van der Waals surface area contributed by atoms with Crippen LogP contribution >= 0.6 is 94.1 Å². The van der Waals surface area contributed by atoms with Crippen LogP contribution < -0.4 is 5.32 Å². The van der Waals surface area contributed by atoms with Crippen molar-refractivity contribution in [3.8, 4) is 22.8 Å². The summed E-state index contributed by atoms with van der Waals surface area (Å²) >= 11 is 14.3. The number of amides is 1. The highest BCUT2D eigenvalue weighted by Crippen LogP contribution is 2.65. The smallest absolute Gasteiger partial charge is 0.234 e. The molecule has 200 valence electrons. The fourth-order valence-electron chi connectivity index (χ4n) is 3.40. The molecule has 0 saturated carbocycles. The molecule has 5 nitrogen and oxygen atoms in total. The van der Waals surface area contributed by atoms with Crippen LogP contribution in [-0.4, -0.2) is 45.4 Å². The molecular formula is C26H22N4OS8. The first-order valence-corrected chi connectivity index (χ1v) is 19.3. The molecule has 39 heavy (non-hydrogen) atoms. The molecule has 0 saturated heterocycles. The van der Waals surface area contributed by atoms with Crippen molar-refractivity contribution < 1.29 is 4.79 Å². The first-order chi connectivity index (χ1) is 19.1. The third-order valence-electron chi connectivity index (χ3n) is 5.10. The van der Waals surface area contributed by atoms with Gasteiger partial charge in [-0.3, -0.25) is 14.8 Å². The number of carbonyl (C=O) groups excluding carboxylic acids is 1. The first kappa shape index (κ1) is 29.4. The van der Waals surface area contributed by atoms with Gasteiger partial charge in [0.1, 0.15) is 0 Å². The van der Waals surface area contributed by atoms with Crippen LogP contribution in [0.3, 0.4) is 0 Å². The lowest BCUT2D eigenvalue weighted by Gasteiger charge is -2.10. The number of rotatable bonds is 9. The second-order valence-corrected chi connectivity index (χ2v) is 16.7. The van der Waals surface area contributed by atoms with Crippen LogP contribution in [0.4, 0.5) is 5.69 Å². The quantitative estimate of drug-likeness (QED) is 0.237. The molecular weight excluding hydrogens is 641 g/mol. The maximum absolute atomic E-state index is 13.1. The molecule has 5 rings (SSSR count). The highest BCUT2D eigenvalue weighted by molar-refractivity contribution is 8.45. The summed E-state index contributed by atoms with van der Waals surface area (Å²) in [6, 6.07) is 15.1. The molecule has 1 N–H and O–H groups in total. The zero-order chi connectivity index (χ0) is 27.2. The van der Waals surface area contributed by atoms with Gasteiger partial charge in [0.15, 0.2) is 0 Å². The molecule has 0 spiro atoms. The summed E-state index contributed by atoms with van der Waals surface area (Å²) in [6.45, 7) is 0. The summed E-state index contributed by atoms with van der Waals surface area (Å²) in [6.07, 6.45) is 9.84. The Bertz CT molecular complexity index is 1390. The Kier molecular flexibility index (Phi) is 10.7. The zero-order valence-corrected chi connectivity index (χ0v) is 27.5. The maximum atomic E-state index is 13.1. The normalized spacial score (nSPS) is 15.5. The SMILES string of the molecule is CSC1=C(SC)SC(=C2SC(SC)=C(SCC(=O)Nc3cc(-c4ccccn4)nc(-c4ccccn4)c3)S2)S1. The van der Waals surface area contributed by atoms with E-state index < -0.39 is 0 Å². The molecule has 0 aromatic carbocycles. The fourth-order valence-corrected chi connectivity index (χ4v) is 13.9. The van der Waals surface area contributed by atoms with E-state index in [2.05, 4.69) is 34.1 Å². The summed E-state index contributed by atoms with van der Waals surface area (Å²) in [4.78, 5) is 26.8. The van der Waals surface area contributed by atoms with Crippen molar-refractivity contribution in [1.82, 2.24) is 15.0 Å². The van der Waals surface area contributed by atoms with Crippen LogP contribution in [0.5, 0.6) is 0 Å². The maximum Gasteiger partial charge on any atom is 0.234 e. The highest BCUT2D eigenvalue weighted by Gasteiger charge is 2.30. The van der Waals surface area contributed by atoms with Gasteiger partial charge in [-0.15, -0.1) is 47.0 Å². The Balaban J connectivity index is 1.29. The molecule has 0 unspecified atom stereocenters. The Labute approximate surface area is 262 Å². The number of hydrogen-bond acceptors (Lipinski definition) is 12. The van der Waals surface area contributed by atoms with Gasteiger partial charge in [0.05, 0.1) is 54.0 Å². The lowest BCUT2D eigenvalue weighted by Crippen LogP contribution is -2.14. The monoisotopic (exact) mass is 662 g/mol. The van der Waals surface area contributed by atoms with Crippen LogP contribution in [0.2, 0.25) is 0 Å². The Morgan fingerprint density at radius 2 is 1.21 bits per heavy atom. The predicted molar refractivity (Wildman–Crippen MR) is 184 cm³/mol. The summed E-state index contributed by atoms with van der Waals surface area (Å²) in [7, 11) is 0. The average molecular weight is 663 g/mol. The van der Waals surface area contributed by atoms with Gasteiger partial charge >= 0.3 is 0 Å². The predicted octanol–water partition coefficient (Wildman–Crippen LogP) is 9.31. The van der Waals surface area contributed by atoms with Crippen LogP contribution in [0.15, 0.2) is 86.3 Å². The molecule has 2 aliphatic heterocycles. The first-order valence-electron chi connectivity index (χ1n) is 11.4. The lowest BCUT2D eigenvalue weighted by molar-refractivity contribution is -0.113. The molecule has 2 aliphatic rings. The third kappa shape index (κ3) is 7.42. The number of thioether (sulfide) groups is 8. The Hall–Kier alpha value is -1.06. The summed E-state index contributed by atoms with van der Waals surface area (Å²) in [5, 5.41) is 3.08. The molecule has 3 aromatic rings. The van der Waals surface area contributed by atoms with Crippen molar-refractivity contribution in [2.45, 2.75) is 0 Å². The number of anilines is 1. The number of carbonyl (C=O) groups is 1. The van der Waals surface area contributed by atoms with E-state index in [-0.39, 0.29) is 5.91 Å². The van der Waals surface area contributed by atoms with E-state index in [4.69, 9.17) is 4.98 Å². The van der Waals surface area contributed by atoms with Crippen LogP contribution in [-0.2, 0) is 4.79 Å². The van der Waals surface area contributed by atoms with E-state index in [1.807, 2.05) is 107 Å². The van der Waals surface area contributed by atoms with Gasteiger partial charge in [-0.05, 0) is 55.2 Å². The van der Waals surface area contributed by atoms with E-state index in [9.17, 15) is 4.79 Å². The molecule has 13 heteroatoms. The number of nitrogens with one attached hydrogen (secondary N) is 1. The number of aromatic nitrogens is 3. The van der Waals surface area contributed by atoms with Crippen molar-refractivity contribution in [2.75, 3.05) is 29.8 Å². The molecule has 0 aliphatic carbocycles. The molecule has 0 fully saturated rings. The van der Waals surface area contributed by atoms with Gasteiger partial charge < -0.3 is 5.32 Å². The van der Waals surface area contributed by atoms with Gasteiger partial charge in [0.25, 0.3) is 0 Å². The van der Waals surface area contributed by atoms with E-state index in [0.717, 1.165) is 11.4 Å². The molecule has 5 heterocycles. The zero-order valence-electron chi connectivity index (χ0n) is 21.0. The largest absolute Gasteiger partial charge is 0.325 e. The Morgan fingerprint density at radius 1 is 0.718 bits per heavy atom. The van der Waals surface area contributed by atoms with Crippen molar-refractivity contribution in [3.63, 3.8) is 0 Å². The molecule has 3 aromatic heterocycles. The number of pyridine rings is 3.